The molecule has 1 aliphatic heterocycles. The van der Waals surface area contributed by atoms with E-state index in [0.717, 1.165) is 25.2 Å². The van der Waals surface area contributed by atoms with Crippen molar-refractivity contribution in [1.82, 2.24) is 19.5 Å². The molecule has 0 saturated carbocycles. The van der Waals surface area contributed by atoms with Crippen LogP contribution in [0.5, 0.6) is 5.75 Å². The number of fused-ring (bicyclic) bond motifs is 1. The Morgan fingerprint density at radius 2 is 2.07 bits per heavy atom. The van der Waals surface area contributed by atoms with Crippen molar-refractivity contribution in [3.63, 3.8) is 0 Å². The molecule has 3 aromatic rings. The van der Waals surface area contributed by atoms with Crippen LogP contribution in [-0.2, 0) is 0 Å². The Hall–Kier alpha value is -3.20. The zero-order valence-corrected chi connectivity index (χ0v) is 15.3. The molecular weight excluding hydrogens is 351 g/mol. The molecule has 27 heavy (non-hydrogen) atoms. The zero-order valence-electron chi connectivity index (χ0n) is 15.3. The number of aromatic nitrogens is 4. The molecule has 0 unspecified atom stereocenters. The molecule has 9 heteroatoms. The van der Waals surface area contributed by atoms with Crippen LogP contribution in [0.25, 0.3) is 5.69 Å². The van der Waals surface area contributed by atoms with E-state index in [0.29, 0.717) is 29.7 Å². The van der Waals surface area contributed by atoms with E-state index in [2.05, 4.69) is 20.3 Å². The van der Waals surface area contributed by atoms with Crippen LogP contribution in [0.15, 0.2) is 36.9 Å². The van der Waals surface area contributed by atoms with Crippen LogP contribution in [0.1, 0.15) is 5.69 Å². The second kappa shape index (κ2) is 8.00. The van der Waals surface area contributed by atoms with E-state index < -0.39 is 0 Å². The summed E-state index contributed by atoms with van der Waals surface area (Å²) in [6.07, 6.45) is 4.98. The van der Waals surface area contributed by atoms with Crippen LogP contribution < -0.4 is 15.0 Å². The fourth-order valence-corrected chi connectivity index (χ4v) is 2.67. The Bertz CT molecular complexity index is 930. The lowest BCUT2D eigenvalue weighted by molar-refractivity contribution is 0.307. The number of halogens is 1. The number of likely N-dealkylation sites (N-methyl/N-ethyl adjacent to an activating group) is 1. The van der Waals surface area contributed by atoms with Crippen LogP contribution in [-0.4, -0.2) is 51.9 Å². The molecule has 142 valence electrons. The van der Waals surface area contributed by atoms with Crippen LogP contribution in [0, 0.1) is 12.7 Å². The number of hydrogen-bond donors (Lipinski definition) is 2. The molecule has 0 fully saturated rings. The highest BCUT2D eigenvalue weighted by molar-refractivity contribution is 5.60. The third-order valence-corrected chi connectivity index (χ3v) is 3.98. The summed E-state index contributed by atoms with van der Waals surface area (Å²) in [4.78, 5) is 14.8. The smallest absolute Gasteiger partial charge is 0.229 e. The largest absolute Gasteiger partial charge is 0.486 e. The van der Waals surface area contributed by atoms with Gasteiger partial charge in [-0.3, -0.25) is 0 Å². The first-order valence-electron chi connectivity index (χ1n) is 8.33. The predicted molar refractivity (Wildman–Crippen MR) is 100 cm³/mol. The van der Waals surface area contributed by atoms with E-state index in [1.54, 1.807) is 35.4 Å². The van der Waals surface area contributed by atoms with Crippen molar-refractivity contribution in [3.05, 3.63) is 48.4 Å². The predicted octanol–water partition coefficient (Wildman–Crippen LogP) is 2.29. The summed E-state index contributed by atoms with van der Waals surface area (Å²) in [5.74, 6) is 1.40. The van der Waals surface area contributed by atoms with Gasteiger partial charge in [-0.25, -0.2) is 14.4 Å². The fourth-order valence-electron chi connectivity index (χ4n) is 2.67. The number of ether oxygens (including phenoxy) is 1. The first kappa shape index (κ1) is 18.6. The molecule has 2 N–H and O–H groups in total. The lowest BCUT2D eigenvalue weighted by atomic mass is 10.2. The highest BCUT2D eigenvalue weighted by atomic mass is 19.1. The SMILES string of the molecule is CO.Cc1cn(-c2ccc(Nc3ncc4c(n3)N(C)CCO4)cc2F)cn1. The molecular formula is C18H21FN6O2. The first-order chi connectivity index (χ1) is 13.1. The number of nitrogens with one attached hydrogen (secondary N) is 1. The summed E-state index contributed by atoms with van der Waals surface area (Å²) in [6.45, 7) is 3.23. The van der Waals surface area contributed by atoms with E-state index in [1.165, 1.54) is 6.07 Å². The molecule has 0 saturated heterocycles. The van der Waals surface area contributed by atoms with Gasteiger partial charge >= 0.3 is 0 Å². The molecule has 4 rings (SSSR count). The molecule has 0 aliphatic carbocycles. The number of imidazole rings is 1. The van der Waals surface area contributed by atoms with Crippen molar-refractivity contribution in [3.8, 4) is 11.4 Å². The highest BCUT2D eigenvalue weighted by Crippen LogP contribution is 2.29. The van der Waals surface area contributed by atoms with Gasteiger partial charge in [-0.15, -0.1) is 0 Å². The summed E-state index contributed by atoms with van der Waals surface area (Å²) in [6, 6.07) is 4.87. The number of rotatable bonds is 3. The van der Waals surface area contributed by atoms with Crippen LogP contribution >= 0.6 is 0 Å². The van der Waals surface area contributed by atoms with E-state index >= 15 is 0 Å². The van der Waals surface area contributed by atoms with Crippen molar-refractivity contribution in [2.24, 2.45) is 0 Å². The maximum Gasteiger partial charge on any atom is 0.229 e. The van der Waals surface area contributed by atoms with E-state index in [1.807, 2.05) is 18.9 Å². The van der Waals surface area contributed by atoms with Crippen LogP contribution in [0.4, 0.5) is 21.8 Å². The minimum atomic E-state index is -0.360. The third-order valence-electron chi connectivity index (χ3n) is 3.98. The number of hydrogen-bond acceptors (Lipinski definition) is 7. The number of nitrogens with zero attached hydrogens (tertiary/aromatic N) is 5. The van der Waals surface area contributed by atoms with Gasteiger partial charge < -0.3 is 24.6 Å². The Morgan fingerprint density at radius 1 is 1.26 bits per heavy atom. The number of benzene rings is 1. The van der Waals surface area contributed by atoms with Gasteiger partial charge in [-0.05, 0) is 25.1 Å². The molecule has 0 bridgehead atoms. The average molecular weight is 372 g/mol. The molecule has 3 heterocycles. The van der Waals surface area contributed by atoms with E-state index in [-0.39, 0.29) is 5.82 Å². The second-order valence-corrected chi connectivity index (χ2v) is 5.86. The molecule has 0 spiro atoms. The number of aliphatic hydroxyl groups is 1. The standard InChI is InChI=1S/C17H17FN6O.CH4O/c1-11-9-24(10-20-11)14-4-3-12(7-13(14)18)21-17-19-8-15-16(22-17)23(2)5-6-25-15;1-2/h3-4,7-10H,5-6H2,1-2H3,(H,19,21,22);2H,1H3. The molecule has 8 nitrogen and oxygen atoms in total. The number of anilines is 3. The summed E-state index contributed by atoms with van der Waals surface area (Å²) in [7, 11) is 2.94. The summed E-state index contributed by atoms with van der Waals surface area (Å²) < 4.78 is 21.6. The van der Waals surface area contributed by atoms with Crippen molar-refractivity contribution in [1.29, 1.82) is 0 Å². The molecule has 1 aromatic carbocycles. The van der Waals surface area contributed by atoms with Gasteiger partial charge in [-0.2, -0.15) is 4.98 Å². The molecule has 1 aliphatic rings. The van der Waals surface area contributed by atoms with Crippen LogP contribution in [0.3, 0.4) is 0 Å². The molecule has 0 amide bonds. The van der Waals surface area contributed by atoms with Gasteiger partial charge in [0.05, 0.1) is 30.5 Å². The average Bonchev–Trinajstić information content (AvgIpc) is 3.10. The third kappa shape index (κ3) is 3.98. The Morgan fingerprint density at radius 3 is 2.78 bits per heavy atom. The van der Waals surface area contributed by atoms with Gasteiger partial charge in [-0.1, -0.05) is 0 Å². The molecule has 0 atom stereocenters. The fraction of sp³-hybridized carbons (Fsp3) is 0.278. The quantitative estimate of drug-likeness (QED) is 0.729. The van der Waals surface area contributed by atoms with Gasteiger partial charge in [0.2, 0.25) is 5.95 Å². The summed E-state index contributed by atoms with van der Waals surface area (Å²) in [5.41, 5.74) is 1.83. The Kier molecular flexibility index (Phi) is 5.51. The van der Waals surface area contributed by atoms with Crippen molar-refractivity contribution in [2.75, 3.05) is 37.5 Å². The minimum Gasteiger partial charge on any atom is -0.486 e. The maximum atomic E-state index is 14.4. The summed E-state index contributed by atoms with van der Waals surface area (Å²) >= 11 is 0. The summed E-state index contributed by atoms with van der Waals surface area (Å²) in [5, 5.41) is 10.0. The lowest BCUT2D eigenvalue weighted by Gasteiger charge is -2.26. The lowest BCUT2D eigenvalue weighted by Crippen LogP contribution is -2.30. The number of aryl methyl sites for hydroxylation is 1. The topological polar surface area (TPSA) is 88.3 Å². The van der Waals surface area contributed by atoms with Gasteiger partial charge in [0.25, 0.3) is 0 Å². The zero-order chi connectivity index (χ0) is 19.4. The van der Waals surface area contributed by atoms with E-state index in [4.69, 9.17) is 9.84 Å². The van der Waals surface area contributed by atoms with Gasteiger partial charge in [0, 0.05) is 26.0 Å². The van der Waals surface area contributed by atoms with E-state index in [9.17, 15) is 4.39 Å². The molecule has 0 radical (unpaired) electrons. The van der Waals surface area contributed by atoms with Gasteiger partial charge in [0.15, 0.2) is 11.6 Å². The normalized spacial score (nSPS) is 12.6. The molecule has 2 aromatic heterocycles. The van der Waals surface area contributed by atoms with Gasteiger partial charge in [0.1, 0.15) is 12.4 Å². The second-order valence-electron chi connectivity index (χ2n) is 5.86. The Labute approximate surface area is 156 Å². The maximum absolute atomic E-state index is 14.4. The van der Waals surface area contributed by atoms with Crippen LogP contribution in [0.2, 0.25) is 0 Å². The van der Waals surface area contributed by atoms with Crippen molar-refractivity contribution in [2.45, 2.75) is 6.92 Å². The first-order valence-corrected chi connectivity index (χ1v) is 8.33. The Balaban J connectivity index is 0.00000102. The van der Waals surface area contributed by atoms with Crippen molar-refractivity contribution >= 4 is 17.5 Å². The highest BCUT2D eigenvalue weighted by Gasteiger charge is 2.18. The van der Waals surface area contributed by atoms with Crippen molar-refractivity contribution < 1.29 is 14.2 Å². The minimum absolute atomic E-state index is 0.360. The number of aliphatic hydroxyl groups excluding tert-OH is 1. The monoisotopic (exact) mass is 372 g/mol.